The highest BCUT2D eigenvalue weighted by Crippen LogP contribution is 2.02. The third-order valence-electron chi connectivity index (χ3n) is 3.17. The van der Waals surface area contributed by atoms with Crippen molar-refractivity contribution in [1.29, 1.82) is 0 Å². The molecular formula is C15H26N4O2S. The van der Waals surface area contributed by atoms with Gasteiger partial charge < -0.3 is 10.2 Å². The van der Waals surface area contributed by atoms with Gasteiger partial charge in [-0.05, 0) is 18.9 Å². The lowest BCUT2D eigenvalue weighted by Gasteiger charge is -2.22. The fraction of sp³-hybridized carbons (Fsp3) is 0.533. The van der Waals surface area contributed by atoms with E-state index < -0.39 is 10.0 Å². The van der Waals surface area contributed by atoms with E-state index in [1.54, 1.807) is 14.0 Å². The minimum absolute atomic E-state index is 0.113. The maximum atomic E-state index is 11.3. The molecule has 0 spiro atoms. The molecule has 22 heavy (non-hydrogen) atoms. The Morgan fingerprint density at radius 3 is 2.50 bits per heavy atom. The maximum Gasteiger partial charge on any atom is 0.211 e. The Kier molecular flexibility index (Phi) is 7.90. The monoisotopic (exact) mass is 326 g/mol. The van der Waals surface area contributed by atoms with Gasteiger partial charge in [-0.1, -0.05) is 30.3 Å². The van der Waals surface area contributed by atoms with E-state index in [1.165, 1.54) is 5.56 Å². The lowest BCUT2D eigenvalue weighted by molar-refractivity contribution is 0.475. The third-order valence-corrected chi connectivity index (χ3v) is 4.58. The summed E-state index contributed by atoms with van der Waals surface area (Å²) >= 11 is 0. The fourth-order valence-corrected chi connectivity index (χ4v) is 2.59. The molecule has 2 N–H and O–H groups in total. The Balaban J connectivity index is 2.33. The molecule has 0 radical (unpaired) electrons. The van der Waals surface area contributed by atoms with Crippen LogP contribution in [0.15, 0.2) is 35.3 Å². The number of nitrogens with zero attached hydrogens (tertiary/aromatic N) is 2. The second-order valence-electron chi connectivity index (χ2n) is 4.97. The topological polar surface area (TPSA) is 73.8 Å². The fourth-order valence-electron chi connectivity index (χ4n) is 1.94. The predicted octanol–water partition coefficient (Wildman–Crippen LogP) is 1.02. The first-order chi connectivity index (χ1) is 10.5. The summed E-state index contributed by atoms with van der Waals surface area (Å²) < 4.78 is 25.1. The summed E-state index contributed by atoms with van der Waals surface area (Å²) in [6.07, 6.45) is 0.706. The van der Waals surface area contributed by atoms with Crippen LogP contribution in [-0.2, 0) is 16.6 Å². The number of hydrogen-bond donors (Lipinski definition) is 2. The summed E-state index contributed by atoms with van der Waals surface area (Å²) in [5.74, 6) is 0.907. The molecule has 0 unspecified atom stereocenters. The van der Waals surface area contributed by atoms with E-state index in [0.717, 1.165) is 12.5 Å². The largest absolute Gasteiger partial charge is 0.356 e. The minimum atomic E-state index is -3.10. The van der Waals surface area contributed by atoms with E-state index in [-0.39, 0.29) is 5.75 Å². The first-order valence-electron chi connectivity index (χ1n) is 7.41. The van der Waals surface area contributed by atoms with Crippen molar-refractivity contribution in [3.05, 3.63) is 35.9 Å². The minimum Gasteiger partial charge on any atom is -0.356 e. The van der Waals surface area contributed by atoms with Crippen LogP contribution >= 0.6 is 0 Å². The molecule has 0 atom stereocenters. The van der Waals surface area contributed by atoms with Crippen LogP contribution in [0.1, 0.15) is 18.9 Å². The predicted molar refractivity (Wildman–Crippen MR) is 91.4 cm³/mol. The Bertz CT molecular complexity index is 558. The number of benzene rings is 1. The van der Waals surface area contributed by atoms with Crippen LogP contribution < -0.4 is 10.0 Å². The second-order valence-corrected chi connectivity index (χ2v) is 7.06. The van der Waals surface area contributed by atoms with Gasteiger partial charge in [-0.15, -0.1) is 0 Å². The second kappa shape index (κ2) is 9.42. The summed E-state index contributed by atoms with van der Waals surface area (Å²) in [6, 6.07) is 10.2. The van der Waals surface area contributed by atoms with Crippen molar-refractivity contribution < 1.29 is 8.42 Å². The van der Waals surface area contributed by atoms with Gasteiger partial charge in [0.15, 0.2) is 5.96 Å². The molecule has 0 saturated carbocycles. The van der Waals surface area contributed by atoms with E-state index in [9.17, 15) is 8.42 Å². The average Bonchev–Trinajstić information content (AvgIpc) is 2.51. The van der Waals surface area contributed by atoms with Crippen molar-refractivity contribution in [3.63, 3.8) is 0 Å². The van der Waals surface area contributed by atoms with Crippen molar-refractivity contribution in [1.82, 2.24) is 14.9 Å². The highest BCUT2D eigenvalue weighted by atomic mass is 32.2. The van der Waals surface area contributed by atoms with Crippen LogP contribution in [0.2, 0.25) is 0 Å². The number of sulfonamides is 1. The van der Waals surface area contributed by atoms with Gasteiger partial charge in [-0.25, -0.2) is 13.1 Å². The van der Waals surface area contributed by atoms with Gasteiger partial charge in [0.1, 0.15) is 0 Å². The number of nitrogens with one attached hydrogen (secondary N) is 2. The molecule has 0 aliphatic carbocycles. The molecule has 0 saturated heterocycles. The summed E-state index contributed by atoms with van der Waals surface area (Å²) in [4.78, 5) is 6.27. The number of rotatable bonds is 8. The van der Waals surface area contributed by atoms with Crippen molar-refractivity contribution >= 4 is 16.0 Å². The molecule has 0 bridgehead atoms. The quantitative estimate of drug-likeness (QED) is 0.425. The van der Waals surface area contributed by atoms with E-state index in [2.05, 4.69) is 27.2 Å². The van der Waals surface area contributed by atoms with Crippen LogP contribution in [-0.4, -0.2) is 52.2 Å². The molecule has 7 heteroatoms. The zero-order valence-electron chi connectivity index (χ0n) is 13.5. The molecule has 0 aliphatic heterocycles. The number of aliphatic imine (C=N–C) groups is 1. The Morgan fingerprint density at radius 1 is 1.23 bits per heavy atom. The van der Waals surface area contributed by atoms with Gasteiger partial charge in [0.2, 0.25) is 10.0 Å². The summed E-state index contributed by atoms with van der Waals surface area (Å²) in [5, 5.41) is 3.23. The van der Waals surface area contributed by atoms with Crippen molar-refractivity contribution in [3.8, 4) is 0 Å². The van der Waals surface area contributed by atoms with Crippen LogP contribution in [0.5, 0.6) is 0 Å². The summed E-state index contributed by atoms with van der Waals surface area (Å²) in [5.41, 5.74) is 1.21. The van der Waals surface area contributed by atoms with E-state index >= 15 is 0 Å². The molecule has 0 aliphatic rings. The molecule has 0 aromatic heterocycles. The molecule has 1 aromatic rings. The lowest BCUT2D eigenvalue weighted by Crippen LogP contribution is -2.39. The zero-order valence-corrected chi connectivity index (χ0v) is 14.4. The van der Waals surface area contributed by atoms with Gasteiger partial charge in [0.25, 0.3) is 0 Å². The van der Waals surface area contributed by atoms with Crippen LogP contribution in [0.4, 0.5) is 0 Å². The molecule has 0 heterocycles. The highest BCUT2D eigenvalue weighted by molar-refractivity contribution is 7.89. The third kappa shape index (κ3) is 6.91. The smallest absolute Gasteiger partial charge is 0.211 e. The first-order valence-corrected chi connectivity index (χ1v) is 9.06. The molecule has 0 amide bonds. The zero-order chi connectivity index (χ0) is 16.4. The molecule has 1 rings (SSSR count). The van der Waals surface area contributed by atoms with E-state index in [0.29, 0.717) is 19.5 Å². The van der Waals surface area contributed by atoms with Gasteiger partial charge in [-0.3, -0.25) is 4.99 Å². The Hall–Kier alpha value is -1.60. The summed E-state index contributed by atoms with van der Waals surface area (Å²) in [7, 11) is 0.613. The van der Waals surface area contributed by atoms with Gasteiger partial charge in [0.05, 0.1) is 5.75 Å². The Morgan fingerprint density at radius 2 is 1.91 bits per heavy atom. The Labute approximate surface area is 133 Å². The first kappa shape index (κ1) is 18.4. The van der Waals surface area contributed by atoms with Crippen molar-refractivity contribution in [2.45, 2.75) is 19.9 Å². The molecular weight excluding hydrogens is 300 g/mol. The molecule has 124 valence electrons. The SMILES string of the molecule is CCS(=O)(=O)NCCCNC(=NC)N(C)Cc1ccccc1. The standard InChI is InChI=1S/C15H26N4O2S/c1-4-22(20,21)18-12-8-11-17-15(16-2)19(3)13-14-9-6-5-7-10-14/h5-7,9-10,18H,4,8,11-13H2,1-3H3,(H,16,17). The highest BCUT2D eigenvalue weighted by Gasteiger charge is 2.07. The maximum absolute atomic E-state index is 11.3. The van der Waals surface area contributed by atoms with Crippen molar-refractivity contribution in [2.24, 2.45) is 4.99 Å². The van der Waals surface area contributed by atoms with Gasteiger partial charge in [0, 0.05) is 33.7 Å². The van der Waals surface area contributed by atoms with E-state index in [1.807, 2.05) is 30.1 Å². The summed E-state index contributed by atoms with van der Waals surface area (Å²) in [6.45, 7) is 3.49. The lowest BCUT2D eigenvalue weighted by atomic mass is 10.2. The molecule has 6 nitrogen and oxygen atoms in total. The van der Waals surface area contributed by atoms with Gasteiger partial charge >= 0.3 is 0 Å². The average molecular weight is 326 g/mol. The normalized spacial score (nSPS) is 12.2. The van der Waals surface area contributed by atoms with Crippen molar-refractivity contribution in [2.75, 3.05) is 32.9 Å². The molecule has 1 aromatic carbocycles. The van der Waals surface area contributed by atoms with Crippen LogP contribution in [0.25, 0.3) is 0 Å². The number of hydrogen-bond acceptors (Lipinski definition) is 3. The number of guanidine groups is 1. The van der Waals surface area contributed by atoms with Gasteiger partial charge in [-0.2, -0.15) is 0 Å². The van der Waals surface area contributed by atoms with Crippen LogP contribution in [0.3, 0.4) is 0 Å². The van der Waals surface area contributed by atoms with Crippen LogP contribution in [0, 0.1) is 0 Å². The molecule has 0 fully saturated rings. The van der Waals surface area contributed by atoms with E-state index in [4.69, 9.17) is 0 Å².